The second-order valence-electron chi connectivity index (χ2n) is 8.22. The number of hydrogen-bond donors (Lipinski definition) is 1. The highest BCUT2D eigenvalue weighted by Gasteiger charge is 2.26. The number of benzene rings is 2. The fourth-order valence-corrected chi connectivity index (χ4v) is 4.64. The summed E-state index contributed by atoms with van der Waals surface area (Å²) in [4.78, 5) is 14.9. The Morgan fingerprint density at radius 1 is 1.10 bits per heavy atom. The van der Waals surface area contributed by atoms with E-state index < -0.39 is 10.0 Å². The van der Waals surface area contributed by atoms with E-state index >= 15 is 0 Å². The summed E-state index contributed by atoms with van der Waals surface area (Å²) in [5.74, 6) is 1.13. The summed E-state index contributed by atoms with van der Waals surface area (Å²) in [6, 6.07) is 11.7. The number of ether oxygens (including phenoxy) is 1. The lowest BCUT2D eigenvalue weighted by Gasteiger charge is -2.30. The number of carbonyl (C=O) groups is 1. The monoisotopic (exact) mass is 430 g/mol. The molecule has 1 heterocycles. The fourth-order valence-electron chi connectivity index (χ4n) is 3.55. The van der Waals surface area contributed by atoms with Crippen molar-refractivity contribution in [2.75, 3.05) is 24.9 Å². The molecule has 1 aliphatic heterocycles. The molecule has 162 valence electrons. The van der Waals surface area contributed by atoms with E-state index in [-0.39, 0.29) is 16.4 Å². The number of carbonyl (C=O) groups excluding carboxylic acids is 1. The smallest absolute Gasteiger partial charge is 0.261 e. The van der Waals surface area contributed by atoms with E-state index in [1.807, 2.05) is 12.1 Å². The maximum atomic E-state index is 13.1. The number of nitrogens with zero attached hydrogens (tertiary/aromatic N) is 1. The highest BCUT2D eigenvalue weighted by Crippen LogP contribution is 2.27. The molecule has 1 N–H and O–H groups in total. The minimum atomic E-state index is -3.84. The number of piperidine rings is 1. The van der Waals surface area contributed by atoms with Crippen molar-refractivity contribution in [2.45, 2.75) is 44.4 Å². The predicted molar refractivity (Wildman–Crippen MR) is 119 cm³/mol. The van der Waals surface area contributed by atoms with Gasteiger partial charge in [0.25, 0.3) is 15.9 Å². The molecular formula is C23H30N2O4S. The number of nitrogens with one attached hydrogen (secondary N) is 1. The van der Waals surface area contributed by atoms with Gasteiger partial charge in [-0.15, -0.1) is 0 Å². The lowest BCUT2D eigenvalue weighted by atomic mass is 9.98. The van der Waals surface area contributed by atoms with Crippen molar-refractivity contribution < 1.29 is 17.9 Å². The van der Waals surface area contributed by atoms with Gasteiger partial charge in [0, 0.05) is 18.8 Å². The van der Waals surface area contributed by atoms with E-state index in [0.717, 1.165) is 18.4 Å². The van der Waals surface area contributed by atoms with Crippen molar-refractivity contribution in [3.63, 3.8) is 0 Å². The molecule has 2 aromatic rings. The zero-order valence-electron chi connectivity index (χ0n) is 18.0. The van der Waals surface area contributed by atoms with Gasteiger partial charge in [-0.1, -0.05) is 32.9 Å². The number of methoxy groups -OCH3 is 1. The minimum Gasteiger partial charge on any atom is -0.496 e. The zero-order chi connectivity index (χ0) is 21.9. The molecule has 0 bridgehead atoms. The van der Waals surface area contributed by atoms with Crippen molar-refractivity contribution in [3.8, 4) is 5.75 Å². The van der Waals surface area contributed by atoms with E-state index in [9.17, 15) is 13.2 Å². The van der Waals surface area contributed by atoms with Crippen LogP contribution in [0.1, 0.15) is 55.5 Å². The van der Waals surface area contributed by atoms with Crippen molar-refractivity contribution in [1.82, 2.24) is 4.90 Å². The van der Waals surface area contributed by atoms with Gasteiger partial charge >= 0.3 is 0 Å². The Hall–Kier alpha value is -2.54. The summed E-state index contributed by atoms with van der Waals surface area (Å²) >= 11 is 0. The standard InChI is InChI=1S/C23H30N2O4S/c1-16(2)18-5-7-19(8-6-18)24-30(27,28)20-9-10-22(29-4)21(15-20)23(26)25-13-11-17(3)12-14-25/h5-10,15-17,24H,11-14H2,1-4H3. The van der Waals surface area contributed by atoms with Gasteiger partial charge in [0.05, 0.1) is 17.6 Å². The van der Waals surface area contributed by atoms with Crippen molar-refractivity contribution >= 4 is 21.6 Å². The Morgan fingerprint density at radius 3 is 2.30 bits per heavy atom. The van der Waals surface area contributed by atoms with Gasteiger partial charge in [0.2, 0.25) is 0 Å². The summed E-state index contributed by atoms with van der Waals surface area (Å²) < 4.78 is 33.8. The third kappa shape index (κ3) is 4.95. The molecule has 1 fully saturated rings. The highest BCUT2D eigenvalue weighted by atomic mass is 32.2. The van der Waals surface area contributed by atoms with Crippen molar-refractivity contribution in [2.24, 2.45) is 5.92 Å². The fraction of sp³-hybridized carbons (Fsp3) is 0.435. The molecule has 3 rings (SSSR count). The molecule has 0 radical (unpaired) electrons. The average molecular weight is 431 g/mol. The SMILES string of the molecule is COc1ccc(S(=O)(=O)Nc2ccc(C(C)C)cc2)cc1C(=O)N1CCC(C)CC1. The number of rotatable bonds is 6. The van der Waals surface area contributed by atoms with E-state index in [0.29, 0.717) is 36.4 Å². The topological polar surface area (TPSA) is 75.7 Å². The highest BCUT2D eigenvalue weighted by molar-refractivity contribution is 7.92. The van der Waals surface area contributed by atoms with Crippen LogP contribution in [-0.4, -0.2) is 39.4 Å². The molecular weight excluding hydrogens is 400 g/mol. The average Bonchev–Trinajstić information content (AvgIpc) is 2.73. The summed E-state index contributed by atoms with van der Waals surface area (Å²) in [5, 5.41) is 0. The summed E-state index contributed by atoms with van der Waals surface area (Å²) in [5.41, 5.74) is 1.88. The number of anilines is 1. The summed E-state index contributed by atoms with van der Waals surface area (Å²) in [6.07, 6.45) is 1.89. The van der Waals surface area contributed by atoms with Gasteiger partial charge in [0.15, 0.2) is 0 Å². The van der Waals surface area contributed by atoms with Crippen LogP contribution in [0.4, 0.5) is 5.69 Å². The maximum Gasteiger partial charge on any atom is 0.261 e. The zero-order valence-corrected chi connectivity index (χ0v) is 18.8. The van der Waals surface area contributed by atoms with Gasteiger partial charge in [-0.25, -0.2) is 8.42 Å². The largest absolute Gasteiger partial charge is 0.496 e. The van der Waals surface area contributed by atoms with Crippen LogP contribution in [0.5, 0.6) is 5.75 Å². The van der Waals surface area contributed by atoms with Crippen LogP contribution in [0.3, 0.4) is 0 Å². The Morgan fingerprint density at radius 2 is 1.73 bits per heavy atom. The molecule has 2 aromatic carbocycles. The predicted octanol–water partition coefficient (Wildman–Crippen LogP) is 4.49. The summed E-state index contributed by atoms with van der Waals surface area (Å²) in [6.45, 7) is 7.67. The Labute approximate surface area is 179 Å². The molecule has 0 saturated carbocycles. The molecule has 1 saturated heterocycles. The summed E-state index contributed by atoms with van der Waals surface area (Å²) in [7, 11) is -2.36. The Balaban J connectivity index is 1.86. The second kappa shape index (κ2) is 9.08. The lowest BCUT2D eigenvalue weighted by molar-refractivity contribution is 0.0693. The van der Waals surface area contributed by atoms with E-state index in [2.05, 4.69) is 25.5 Å². The third-order valence-corrected chi connectivity index (χ3v) is 6.99. The minimum absolute atomic E-state index is 0.0324. The third-order valence-electron chi connectivity index (χ3n) is 5.61. The molecule has 0 aromatic heterocycles. The van der Waals surface area contributed by atoms with Gasteiger partial charge in [-0.2, -0.15) is 0 Å². The molecule has 0 atom stereocenters. The van der Waals surface area contributed by atoms with Crippen molar-refractivity contribution in [3.05, 3.63) is 53.6 Å². The van der Waals surface area contributed by atoms with Gasteiger partial charge in [-0.3, -0.25) is 9.52 Å². The molecule has 0 spiro atoms. The number of amides is 1. The Bertz CT molecular complexity index is 992. The van der Waals surface area contributed by atoms with Gasteiger partial charge < -0.3 is 9.64 Å². The lowest BCUT2D eigenvalue weighted by Crippen LogP contribution is -2.38. The quantitative estimate of drug-likeness (QED) is 0.733. The first kappa shape index (κ1) is 22.2. The molecule has 1 aliphatic rings. The van der Waals surface area contributed by atoms with Crippen LogP contribution >= 0.6 is 0 Å². The molecule has 0 aliphatic carbocycles. The van der Waals surface area contributed by atoms with E-state index in [1.165, 1.54) is 25.3 Å². The molecule has 0 unspecified atom stereocenters. The molecule has 7 heteroatoms. The maximum absolute atomic E-state index is 13.1. The van der Waals surface area contributed by atoms with Crippen LogP contribution < -0.4 is 9.46 Å². The number of hydrogen-bond acceptors (Lipinski definition) is 4. The van der Waals surface area contributed by atoms with Crippen LogP contribution in [0.25, 0.3) is 0 Å². The van der Waals surface area contributed by atoms with Crippen LogP contribution in [-0.2, 0) is 10.0 Å². The van der Waals surface area contributed by atoms with Gasteiger partial charge in [0.1, 0.15) is 5.75 Å². The molecule has 30 heavy (non-hydrogen) atoms. The normalized spacial score (nSPS) is 15.3. The Kier molecular flexibility index (Phi) is 6.71. The second-order valence-corrected chi connectivity index (χ2v) is 9.90. The first-order valence-corrected chi connectivity index (χ1v) is 11.8. The van der Waals surface area contributed by atoms with Gasteiger partial charge in [-0.05, 0) is 60.6 Å². The number of likely N-dealkylation sites (tertiary alicyclic amines) is 1. The molecule has 6 nitrogen and oxygen atoms in total. The first-order chi connectivity index (χ1) is 14.2. The van der Waals surface area contributed by atoms with Crippen molar-refractivity contribution in [1.29, 1.82) is 0 Å². The van der Waals surface area contributed by atoms with Crippen LogP contribution in [0.2, 0.25) is 0 Å². The van der Waals surface area contributed by atoms with E-state index in [1.54, 1.807) is 17.0 Å². The van der Waals surface area contributed by atoms with Crippen LogP contribution in [0.15, 0.2) is 47.4 Å². The molecule has 1 amide bonds. The first-order valence-electron chi connectivity index (χ1n) is 10.3. The van der Waals surface area contributed by atoms with Crippen LogP contribution in [0, 0.1) is 5.92 Å². The number of sulfonamides is 1. The van der Waals surface area contributed by atoms with E-state index in [4.69, 9.17) is 4.74 Å².